The number of amides is 2. The van der Waals surface area contributed by atoms with Crippen molar-refractivity contribution in [1.29, 1.82) is 5.26 Å². The molecule has 2 heterocycles. The van der Waals surface area contributed by atoms with E-state index in [1.54, 1.807) is 6.07 Å². The highest BCUT2D eigenvalue weighted by Gasteiger charge is 2.35. The zero-order valence-electron chi connectivity index (χ0n) is 16.7. The predicted molar refractivity (Wildman–Crippen MR) is 111 cm³/mol. The van der Waals surface area contributed by atoms with Crippen LogP contribution in [0.25, 0.3) is 17.4 Å². The monoisotopic (exact) mass is 419 g/mol. The lowest BCUT2D eigenvalue weighted by atomic mass is 9.94. The number of carbonyl (C=O) groups is 2. The molecule has 0 N–H and O–H groups in total. The highest BCUT2D eigenvalue weighted by Crippen LogP contribution is 2.35. The first kappa shape index (κ1) is 21.3. The third-order valence-electron chi connectivity index (χ3n) is 4.72. The summed E-state index contributed by atoms with van der Waals surface area (Å²) in [5, 5.41) is 20.8. The van der Waals surface area contributed by atoms with Crippen LogP contribution in [0.2, 0.25) is 0 Å². The number of imide groups is 1. The maximum atomic E-state index is 12.8. The largest absolute Gasteiger partial charge is 0.497 e. The number of ether oxygens (including phenoxy) is 1. The molecule has 0 saturated carbocycles. The summed E-state index contributed by atoms with van der Waals surface area (Å²) >= 11 is 0. The maximum absolute atomic E-state index is 12.8. The summed E-state index contributed by atoms with van der Waals surface area (Å²) in [6.45, 7) is 4.98. The Balaban J connectivity index is 2.07. The van der Waals surface area contributed by atoms with Crippen LogP contribution in [0.1, 0.15) is 12.7 Å². The molecule has 3 rings (SSSR count). The number of methoxy groups -OCH3 is 1. The van der Waals surface area contributed by atoms with Crippen LogP contribution in [0, 0.1) is 21.4 Å². The fourth-order valence-electron chi connectivity index (χ4n) is 3.14. The topological polar surface area (TPSA) is 127 Å². The quantitative estimate of drug-likeness (QED) is 0.230. The molecule has 0 unspecified atom stereocenters. The second-order valence-corrected chi connectivity index (χ2v) is 6.52. The average molecular weight is 419 g/mol. The van der Waals surface area contributed by atoms with Gasteiger partial charge in [-0.25, -0.2) is 0 Å². The van der Waals surface area contributed by atoms with Gasteiger partial charge in [-0.2, -0.15) is 5.26 Å². The van der Waals surface area contributed by atoms with E-state index < -0.39 is 16.7 Å². The van der Waals surface area contributed by atoms with Crippen molar-refractivity contribution in [2.75, 3.05) is 13.7 Å². The van der Waals surface area contributed by atoms with Crippen LogP contribution in [-0.2, 0) is 9.59 Å². The molecule has 156 valence electrons. The van der Waals surface area contributed by atoms with E-state index in [4.69, 9.17) is 9.15 Å². The molecule has 31 heavy (non-hydrogen) atoms. The number of nitriles is 1. The van der Waals surface area contributed by atoms with Crippen LogP contribution < -0.4 is 4.74 Å². The molecule has 0 saturated heterocycles. The van der Waals surface area contributed by atoms with Crippen molar-refractivity contribution in [3.8, 4) is 23.1 Å². The van der Waals surface area contributed by atoms with Crippen molar-refractivity contribution in [3.63, 3.8) is 0 Å². The second kappa shape index (κ2) is 8.51. The molecule has 0 bridgehead atoms. The number of hydrogen-bond acceptors (Lipinski definition) is 7. The Morgan fingerprint density at radius 1 is 1.29 bits per heavy atom. The summed E-state index contributed by atoms with van der Waals surface area (Å²) in [4.78, 5) is 37.0. The van der Waals surface area contributed by atoms with E-state index in [0.717, 1.165) is 4.90 Å². The Morgan fingerprint density at radius 3 is 2.65 bits per heavy atom. The lowest BCUT2D eigenvalue weighted by Gasteiger charge is -2.26. The SMILES string of the molecule is C=CCN1C(=O)C(C#N)=C(C)/C(=C\c2ccc(-c3ccc(OC)cc3[N+](=O)[O-])o2)C1=O. The number of hydrogen-bond donors (Lipinski definition) is 0. The fraction of sp³-hybridized carbons (Fsp3) is 0.136. The minimum Gasteiger partial charge on any atom is -0.497 e. The summed E-state index contributed by atoms with van der Waals surface area (Å²) in [7, 11) is 1.41. The van der Waals surface area contributed by atoms with Gasteiger partial charge in [-0.15, -0.1) is 6.58 Å². The first-order chi connectivity index (χ1) is 14.8. The highest BCUT2D eigenvalue weighted by atomic mass is 16.6. The van der Waals surface area contributed by atoms with Crippen LogP contribution in [0.5, 0.6) is 5.75 Å². The van der Waals surface area contributed by atoms with Gasteiger partial charge in [0.1, 0.15) is 28.9 Å². The van der Waals surface area contributed by atoms with E-state index >= 15 is 0 Å². The second-order valence-electron chi connectivity index (χ2n) is 6.52. The van der Waals surface area contributed by atoms with Crippen LogP contribution in [0.3, 0.4) is 0 Å². The summed E-state index contributed by atoms with van der Waals surface area (Å²) in [5.41, 5.74) is 0.227. The molecule has 0 fully saturated rings. The van der Waals surface area contributed by atoms with Gasteiger partial charge in [0.25, 0.3) is 17.5 Å². The van der Waals surface area contributed by atoms with Crippen LogP contribution in [0.15, 0.2) is 64.1 Å². The molecule has 0 radical (unpaired) electrons. The number of carbonyl (C=O) groups excluding carboxylic acids is 2. The van der Waals surface area contributed by atoms with E-state index in [0.29, 0.717) is 5.75 Å². The smallest absolute Gasteiger partial charge is 0.284 e. The van der Waals surface area contributed by atoms with Gasteiger partial charge in [-0.3, -0.25) is 24.6 Å². The van der Waals surface area contributed by atoms with E-state index in [2.05, 4.69) is 6.58 Å². The van der Waals surface area contributed by atoms with Crippen LogP contribution >= 0.6 is 0 Å². The van der Waals surface area contributed by atoms with Crippen molar-refractivity contribution in [2.24, 2.45) is 0 Å². The molecule has 2 amide bonds. The number of nitro groups is 1. The summed E-state index contributed by atoms with van der Waals surface area (Å²) in [5.74, 6) is -0.502. The molecule has 2 aromatic rings. The van der Waals surface area contributed by atoms with Crippen molar-refractivity contribution < 1.29 is 23.7 Å². The van der Waals surface area contributed by atoms with Crippen molar-refractivity contribution in [1.82, 2.24) is 4.90 Å². The zero-order chi connectivity index (χ0) is 22.7. The van der Waals surface area contributed by atoms with E-state index in [-0.39, 0.29) is 46.0 Å². The van der Waals surface area contributed by atoms with E-state index in [1.165, 1.54) is 50.5 Å². The van der Waals surface area contributed by atoms with Gasteiger partial charge in [-0.1, -0.05) is 6.08 Å². The van der Waals surface area contributed by atoms with Crippen molar-refractivity contribution in [2.45, 2.75) is 6.92 Å². The Morgan fingerprint density at radius 2 is 2.03 bits per heavy atom. The Kier molecular flexibility index (Phi) is 5.83. The molecule has 1 aromatic heterocycles. The van der Waals surface area contributed by atoms with Gasteiger partial charge in [0.2, 0.25) is 0 Å². The Hall–Kier alpha value is -4.45. The normalized spacial score (nSPS) is 15.3. The minimum atomic E-state index is -0.684. The zero-order valence-corrected chi connectivity index (χ0v) is 16.7. The van der Waals surface area contributed by atoms with Gasteiger partial charge in [-0.05, 0) is 42.8 Å². The third kappa shape index (κ3) is 3.86. The number of nitrogens with zero attached hydrogens (tertiary/aromatic N) is 3. The molecular weight excluding hydrogens is 402 g/mol. The first-order valence-corrected chi connectivity index (χ1v) is 9.05. The first-order valence-electron chi connectivity index (χ1n) is 9.05. The minimum absolute atomic E-state index is 0.0467. The molecular formula is C22H17N3O6. The van der Waals surface area contributed by atoms with E-state index in [9.17, 15) is 25.0 Å². The number of benzene rings is 1. The maximum Gasteiger partial charge on any atom is 0.284 e. The van der Waals surface area contributed by atoms with Gasteiger partial charge in [0, 0.05) is 12.1 Å². The van der Waals surface area contributed by atoms with Crippen molar-refractivity contribution in [3.05, 3.63) is 75.6 Å². The molecule has 0 atom stereocenters. The Bertz CT molecular complexity index is 1210. The average Bonchev–Trinajstić information content (AvgIpc) is 3.22. The third-order valence-corrected chi connectivity index (χ3v) is 4.72. The lowest BCUT2D eigenvalue weighted by molar-refractivity contribution is -0.384. The fourth-order valence-corrected chi connectivity index (χ4v) is 3.14. The number of nitro benzene ring substituents is 1. The molecule has 1 aliphatic rings. The Labute approximate surface area is 177 Å². The molecule has 9 heteroatoms. The predicted octanol–water partition coefficient (Wildman–Crippen LogP) is 3.64. The molecule has 0 aliphatic carbocycles. The van der Waals surface area contributed by atoms with Gasteiger partial charge in [0.15, 0.2) is 0 Å². The highest BCUT2D eigenvalue weighted by molar-refractivity contribution is 6.19. The summed E-state index contributed by atoms with van der Waals surface area (Å²) < 4.78 is 10.8. The molecule has 1 aliphatic heterocycles. The van der Waals surface area contributed by atoms with E-state index in [1.807, 2.05) is 6.07 Å². The summed E-state index contributed by atoms with van der Waals surface area (Å²) in [6, 6.07) is 9.26. The number of furan rings is 1. The molecule has 1 aromatic carbocycles. The van der Waals surface area contributed by atoms with Gasteiger partial charge >= 0.3 is 0 Å². The van der Waals surface area contributed by atoms with Gasteiger partial charge < -0.3 is 9.15 Å². The summed E-state index contributed by atoms with van der Waals surface area (Å²) in [6.07, 6.45) is 2.78. The van der Waals surface area contributed by atoms with Crippen molar-refractivity contribution >= 4 is 23.6 Å². The van der Waals surface area contributed by atoms with Crippen LogP contribution in [0.4, 0.5) is 5.69 Å². The molecule has 0 spiro atoms. The standard InChI is InChI=1S/C22H17N3O6/c1-4-9-24-21(26)17(13(2)18(12-23)22(24)27)10-15-6-8-20(31-15)16-7-5-14(30-3)11-19(16)25(28)29/h4-8,10-11H,1,9H2,2-3H3/b17-10+. The lowest BCUT2D eigenvalue weighted by Crippen LogP contribution is -2.42. The van der Waals surface area contributed by atoms with Gasteiger partial charge in [0.05, 0.1) is 23.7 Å². The van der Waals surface area contributed by atoms with Crippen LogP contribution in [-0.4, -0.2) is 35.3 Å². The molecule has 9 nitrogen and oxygen atoms in total. The number of rotatable bonds is 6.